The zero-order chi connectivity index (χ0) is 24.1. The predicted octanol–water partition coefficient (Wildman–Crippen LogP) is 5.64. The van der Waals surface area contributed by atoms with Crippen molar-refractivity contribution in [2.24, 2.45) is 0 Å². The van der Waals surface area contributed by atoms with Gasteiger partial charge >= 0.3 is 6.03 Å². The molecule has 1 heterocycles. The molecule has 6 heteroatoms. The summed E-state index contributed by atoms with van der Waals surface area (Å²) in [4.78, 5) is 30.8. The van der Waals surface area contributed by atoms with Crippen LogP contribution in [-0.2, 0) is 19.5 Å². The first kappa shape index (κ1) is 23.1. The molecule has 174 valence electrons. The summed E-state index contributed by atoms with van der Waals surface area (Å²) in [5.41, 5.74) is 5.01. The Bertz CT molecular complexity index is 1360. The monoisotopic (exact) mass is 455 g/mol. The molecular formula is C28H29N3O3. The molecule has 34 heavy (non-hydrogen) atoms. The fourth-order valence-electron chi connectivity index (χ4n) is 3.90. The zero-order valence-electron chi connectivity index (χ0n) is 19.7. The van der Waals surface area contributed by atoms with E-state index in [-0.39, 0.29) is 18.1 Å². The van der Waals surface area contributed by atoms with Crippen molar-refractivity contribution in [3.05, 3.63) is 105 Å². The molecule has 0 bridgehead atoms. The first-order chi connectivity index (χ1) is 16.5. The van der Waals surface area contributed by atoms with Crippen molar-refractivity contribution in [2.75, 3.05) is 12.4 Å². The summed E-state index contributed by atoms with van der Waals surface area (Å²) >= 11 is 0. The quantitative estimate of drug-likeness (QED) is 0.379. The number of ether oxygens (including phenoxy) is 1. The summed E-state index contributed by atoms with van der Waals surface area (Å²) in [5.74, 6) is 0.571. The maximum atomic E-state index is 13.4. The molecule has 4 rings (SSSR count). The van der Waals surface area contributed by atoms with Crippen LogP contribution in [-0.4, -0.2) is 23.0 Å². The van der Waals surface area contributed by atoms with E-state index in [2.05, 4.69) is 23.3 Å². The van der Waals surface area contributed by atoms with Crippen LogP contribution >= 0.6 is 0 Å². The van der Waals surface area contributed by atoms with Crippen molar-refractivity contribution < 1.29 is 9.53 Å². The fraction of sp³-hybridized carbons (Fsp3) is 0.214. The summed E-state index contributed by atoms with van der Waals surface area (Å²) in [6, 6.07) is 22.9. The highest BCUT2D eigenvalue weighted by atomic mass is 16.5. The molecule has 0 aliphatic carbocycles. The Morgan fingerprint density at radius 3 is 2.44 bits per heavy atom. The third-order valence-corrected chi connectivity index (χ3v) is 5.88. The molecular weight excluding hydrogens is 426 g/mol. The molecule has 0 fully saturated rings. The molecule has 0 spiro atoms. The summed E-state index contributed by atoms with van der Waals surface area (Å²) in [6.07, 6.45) is 0.908. The first-order valence-corrected chi connectivity index (χ1v) is 11.4. The normalized spacial score (nSPS) is 10.8. The molecule has 0 unspecified atom stereocenters. The van der Waals surface area contributed by atoms with Gasteiger partial charge in [-0.25, -0.2) is 4.79 Å². The number of amides is 2. The number of rotatable bonds is 7. The molecule has 0 aliphatic heterocycles. The number of hydrogen-bond donors (Lipinski definition) is 2. The van der Waals surface area contributed by atoms with Gasteiger partial charge in [-0.15, -0.1) is 0 Å². The number of anilines is 1. The number of urea groups is 1. The number of para-hydroxylation sites is 2. The zero-order valence-corrected chi connectivity index (χ0v) is 19.7. The maximum absolute atomic E-state index is 13.4. The van der Waals surface area contributed by atoms with E-state index < -0.39 is 0 Å². The van der Waals surface area contributed by atoms with Gasteiger partial charge in [-0.05, 0) is 60.2 Å². The maximum Gasteiger partial charge on any atom is 0.322 e. The van der Waals surface area contributed by atoms with Gasteiger partial charge < -0.3 is 19.9 Å². The van der Waals surface area contributed by atoms with Crippen molar-refractivity contribution in [3.8, 4) is 5.75 Å². The van der Waals surface area contributed by atoms with E-state index in [4.69, 9.17) is 4.74 Å². The molecule has 0 saturated heterocycles. The van der Waals surface area contributed by atoms with Gasteiger partial charge in [-0.3, -0.25) is 4.79 Å². The lowest BCUT2D eigenvalue weighted by atomic mass is 10.1. The number of carbonyl (C=O) groups excluding carboxylic acids is 1. The van der Waals surface area contributed by atoms with E-state index in [1.165, 1.54) is 5.56 Å². The lowest BCUT2D eigenvalue weighted by molar-refractivity contribution is 0.206. The van der Waals surface area contributed by atoms with Crippen LogP contribution in [0.25, 0.3) is 10.9 Å². The minimum atomic E-state index is -0.313. The van der Waals surface area contributed by atoms with Gasteiger partial charge in [0.25, 0.3) is 5.56 Å². The second-order valence-corrected chi connectivity index (χ2v) is 8.37. The van der Waals surface area contributed by atoms with Gasteiger partial charge in [0, 0.05) is 17.6 Å². The number of benzene rings is 3. The molecule has 2 N–H and O–H groups in total. The Hall–Kier alpha value is -4.06. The number of carbonyl (C=O) groups is 1. The highest BCUT2D eigenvalue weighted by Crippen LogP contribution is 2.24. The lowest BCUT2D eigenvalue weighted by Crippen LogP contribution is -2.35. The molecule has 3 aromatic carbocycles. The van der Waals surface area contributed by atoms with E-state index >= 15 is 0 Å². The summed E-state index contributed by atoms with van der Waals surface area (Å²) < 4.78 is 5.38. The van der Waals surface area contributed by atoms with Gasteiger partial charge in [0.05, 0.1) is 19.3 Å². The Morgan fingerprint density at radius 1 is 0.971 bits per heavy atom. The minimum Gasteiger partial charge on any atom is -0.495 e. The number of H-pyrrole nitrogens is 1. The number of nitrogens with zero attached hydrogens (tertiary/aromatic N) is 1. The van der Waals surface area contributed by atoms with Crippen LogP contribution in [0.3, 0.4) is 0 Å². The number of aromatic nitrogens is 1. The van der Waals surface area contributed by atoms with Crippen LogP contribution in [0.15, 0.2) is 77.6 Å². The molecule has 0 aliphatic rings. The highest BCUT2D eigenvalue weighted by Gasteiger charge is 2.18. The number of hydrogen-bond acceptors (Lipinski definition) is 3. The smallest absolute Gasteiger partial charge is 0.322 e. The number of aryl methyl sites for hydroxylation is 2. The van der Waals surface area contributed by atoms with Crippen LogP contribution < -0.4 is 15.6 Å². The second kappa shape index (κ2) is 10.3. The van der Waals surface area contributed by atoms with Gasteiger partial charge in [0.15, 0.2) is 0 Å². The van der Waals surface area contributed by atoms with Gasteiger partial charge in [0.1, 0.15) is 5.75 Å². The summed E-state index contributed by atoms with van der Waals surface area (Å²) in [5, 5.41) is 3.89. The van der Waals surface area contributed by atoms with Gasteiger partial charge in [-0.2, -0.15) is 0 Å². The molecule has 0 saturated carbocycles. The number of aromatic amines is 1. The number of methoxy groups -OCH3 is 1. The van der Waals surface area contributed by atoms with Crippen molar-refractivity contribution >= 4 is 22.6 Å². The SMILES string of the molecule is CCc1ccc2[nH]c(=O)c(CN(Cc3ccc(C)cc3)C(=O)Nc3ccccc3OC)cc2c1. The lowest BCUT2D eigenvalue weighted by Gasteiger charge is -2.24. The average Bonchev–Trinajstić information content (AvgIpc) is 2.85. The third kappa shape index (κ3) is 5.29. The van der Waals surface area contributed by atoms with Crippen molar-refractivity contribution in [1.82, 2.24) is 9.88 Å². The summed E-state index contributed by atoms with van der Waals surface area (Å²) in [6.45, 7) is 4.64. The van der Waals surface area contributed by atoms with Crippen molar-refractivity contribution in [1.29, 1.82) is 0 Å². The van der Waals surface area contributed by atoms with E-state index in [1.54, 1.807) is 24.1 Å². The third-order valence-electron chi connectivity index (χ3n) is 5.88. The van der Waals surface area contributed by atoms with Crippen LogP contribution in [0.4, 0.5) is 10.5 Å². The van der Waals surface area contributed by atoms with Crippen LogP contribution in [0.5, 0.6) is 5.75 Å². The molecule has 1 aromatic heterocycles. The fourth-order valence-corrected chi connectivity index (χ4v) is 3.90. The average molecular weight is 456 g/mol. The number of pyridine rings is 1. The Kier molecular flexibility index (Phi) is 6.97. The van der Waals surface area contributed by atoms with E-state index in [9.17, 15) is 9.59 Å². The van der Waals surface area contributed by atoms with E-state index in [1.807, 2.05) is 61.5 Å². The van der Waals surface area contributed by atoms with E-state index in [0.29, 0.717) is 23.5 Å². The van der Waals surface area contributed by atoms with Crippen LogP contribution in [0, 0.1) is 6.92 Å². The van der Waals surface area contributed by atoms with Gasteiger partial charge in [-0.1, -0.05) is 55.0 Å². The van der Waals surface area contributed by atoms with Crippen molar-refractivity contribution in [2.45, 2.75) is 33.4 Å². The first-order valence-electron chi connectivity index (χ1n) is 11.4. The topological polar surface area (TPSA) is 74.4 Å². The van der Waals surface area contributed by atoms with Crippen LogP contribution in [0.2, 0.25) is 0 Å². The minimum absolute atomic E-state index is 0.163. The highest BCUT2D eigenvalue weighted by molar-refractivity contribution is 5.91. The Morgan fingerprint density at radius 2 is 1.71 bits per heavy atom. The predicted molar refractivity (Wildman–Crippen MR) is 136 cm³/mol. The standard InChI is InChI=1S/C28H29N3O3/c1-4-20-13-14-24-22(15-20)16-23(27(32)29-24)18-31(17-21-11-9-19(2)10-12-21)28(33)30-25-7-5-6-8-26(25)34-3/h5-16H,4,17-18H2,1-3H3,(H,29,32)(H,30,33). The van der Waals surface area contributed by atoms with Crippen molar-refractivity contribution in [3.63, 3.8) is 0 Å². The summed E-state index contributed by atoms with van der Waals surface area (Å²) in [7, 11) is 1.56. The van der Waals surface area contributed by atoms with Crippen LogP contribution in [0.1, 0.15) is 29.2 Å². The molecule has 0 atom stereocenters. The number of nitrogens with one attached hydrogen (secondary N) is 2. The molecule has 2 amide bonds. The van der Waals surface area contributed by atoms with Gasteiger partial charge in [0.2, 0.25) is 0 Å². The Labute approximate surface area is 199 Å². The second-order valence-electron chi connectivity index (χ2n) is 8.37. The van der Waals surface area contributed by atoms with E-state index in [0.717, 1.165) is 28.5 Å². The largest absolute Gasteiger partial charge is 0.495 e. The number of fused-ring (bicyclic) bond motifs is 1. The molecule has 4 aromatic rings. The Balaban J connectivity index is 1.67. The molecule has 0 radical (unpaired) electrons. The molecule has 6 nitrogen and oxygen atoms in total.